The second-order valence-corrected chi connectivity index (χ2v) is 4.68. The van der Waals surface area contributed by atoms with E-state index in [2.05, 4.69) is 13.8 Å². The van der Waals surface area contributed by atoms with E-state index in [-0.39, 0.29) is 12.2 Å². The molecule has 18 heavy (non-hydrogen) atoms. The molecular weight excluding hydrogens is 236 g/mol. The van der Waals surface area contributed by atoms with Gasteiger partial charge < -0.3 is 10.5 Å². The van der Waals surface area contributed by atoms with Gasteiger partial charge in [0.2, 0.25) is 0 Å². The Morgan fingerprint density at radius 1 is 1.28 bits per heavy atom. The maximum Gasteiger partial charge on any atom is 0.163 e. The molecule has 0 bridgehead atoms. The molecule has 1 aromatic carbocycles. The van der Waals surface area contributed by atoms with Crippen molar-refractivity contribution in [1.29, 1.82) is 0 Å². The van der Waals surface area contributed by atoms with Gasteiger partial charge in [-0.05, 0) is 18.4 Å². The minimum Gasteiger partial charge on any atom is -0.379 e. The molecule has 102 valence electrons. The predicted octanol–water partition coefficient (Wildman–Crippen LogP) is 3.42. The molecule has 1 aromatic rings. The van der Waals surface area contributed by atoms with Crippen LogP contribution in [0.1, 0.15) is 38.3 Å². The van der Waals surface area contributed by atoms with Crippen LogP contribution in [0.2, 0.25) is 0 Å². The molecule has 0 fully saturated rings. The van der Waals surface area contributed by atoms with Crippen molar-refractivity contribution < 1.29 is 13.5 Å². The SMILES string of the molecule is CCCC(C)COCC(N)c1cccc(F)c1F. The van der Waals surface area contributed by atoms with Gasteiger partial charge in [-0.2, -0.15) is 0 Å². The van der Waals surface area contributed by atoms with Crippen molar-refractivity contribution in [3.63, 3.8) is 0 Å². The average molecular weight is 257 g/mol. The molecule has 0 radical (unpaired) electrons. The predicted molar refractivity (Wildman–Crippen MR) is 68.2 cm³/mol. The first-order valence-corrected chi connectivity index (χ1v) is 6.33. The van der Waals surface area contributed by atoms with E-state index >= 15 is 0 Å². The zero-order chi connectivity index (χ0) is 13.5. The van der Waals surface area contributed by atoms with Gasteiger partial charge in [0.15, 0.2) is 11.6 Å². The summed E-state index contributed by atoms with van der Waals surface area (Å²) < 4.78 is 31.9. The van der Waals surface area contributed by atoms with Crippen molar-refractivity contribution in [2.45, 2.75) is 32.7 Å². The summed E-state index contributed by atoms with van der Waals surface area (Å²) in [6.45, 7) is 5.01. The number of rotatable bonds is 7. The number of hydrogen-bond donors (Lipinski definition) is 1. The largest absolute Gasteiger partial charge is 0.379 e. The molecule has 0 aliphatic carbocycles. The highest BCUT2D eigenvalue weighted by molar-refractivity contribution is 5.22. The van der Waals surface area contributed by atoms with E-state index in [1.165, 1.54) is 12.1 Å². The summed E-state index contributed by atoms with van der Waals surface area (Å²) in [5.41, 5.74) is 5.96. The van der Waals surface area contributed by atoms with Crippen LogP contribution in [0, 0.1) is 17.6 Å². The lowest BCUT2D eigenvalue weighted by Gasteiger charge is -2.16. The van der Waals surface area contributed by atoms with E-state index < -0.39 is 17.7 Å². The van der Waals surface area contributed by atoms with Crippen molar-refractivity contribution in [2.75, 3.05) is 13.2 Å². The van der Waals surface area contributed by atoms with Gasteiger partial charge in [0.05, 0.1) is 12.6 Å². The summed E-state index contributed by atoms with van der Waals surface area (Å²) in [6.07, 6.45) is 2.19. The molecule has 2 unspecified atom stereocenters. The van der Waals surface area contributed by atoms with E-state index in [9.17, 15) is 8.78 Å². The van der Waals surface area contributed by atoms with E-state index in [0.29, 0.717) is 12.5 Å². The Morgan fingerprint density at radius 3 is 2.67 bits per heavy atom. The number of halogens is 2. The molecule has 2 nitrogen and oxygen atoms in total. The Morgan fingerprint density at radius 2 is 2.00 bits per heavy atom. The molecule has 4 heteroatoms. The fourth-order valence-electron chi connectivity index (χ4n) is 1.87. The number of hydrogen-bond acceptors (Lipinski definition) is 2. The first-order valence-electron chi connectivity index (χ1n) is 6.33. The quantitative estimate of drug-likeness (QED) is 0.812. The van der Waals surface area contributed by atoms with Crippen LogP contribution in [0.15, 0.2) is 18.2 Å². The van der Waals surface area contributed by atoms with Gasteiger partial charge in [0, 0.05) is 12.2 Å². The summed E-state index contributed by atoms with van der Waals surface area (Å²) in [5, 5.41) is 0. The normalized spacial score (nSPS) is 14.5. The zero-order valence-electron chi connectivity index (χ0n) is 11.0. The molecule has 0 aliphatic heterocycles. The van der Waals surface area contributed by atoms with E-state index in [0.717, 1.165) is 18.9 Å². The summed E-state index contributed by atoms with van der Waals surface area (Å²) in [7, 11) is 0. The average Bonchev–Trinajstić information content (AvgIpc) is 2.33. The van der Waals surface area contributed by atoms with Gasteiger partial charge in [-0.15, -0.1) is 0 Å². The summed E-state index contributed by atoms with van der Waals surface area (Å²) in [4.78, 5) is 0. The smallest absolute Gasteiger partial charge is 0.163 e. The van der Waals surface area contributed by atoms with Crippen LogP contribution in [0.5, 0.6) is 0 Å². The maximum absolute atomic E-state index is 13.4. The Hall–Kier alpha value is -1.00. The Kier molecular flexibility index (Phi) is 6.22. The molecule has 2 N–H and O–H groups in total. The first kappa shape index (κ1) is 15.1. The topological polar surface area (TPSA) is 35.2 Å². The van der Waals surface area contributed by atoms with Gasteiger partial charge in [0.1, 0.15) is 0 Å². The van der Waals surface area contributed by atoms with Crippen LogP contribution in [0.25, 0.3) is 0 Å². The van der Waals surface area contributed by atoms with Crippen LogP contribution >= 0.6 is 0 Å². The molecule has 0 aliphatic rings. The summed E-state index contributed by atoms with van der Waals surface area (Å²) in [5.74, 6) is -1.29. The third-order valence-corrected chi connectivity index (χ3v) is 2.86. The van der Waals surface area contributed by atoms with Crippen molar-refractivity contribution >= 4 is 0 Å². The molecule has 0 amide bonds. The van der Waals surface area contributed by atoms with Gasteiger partial charge >= 0.3 is 0 Å². The Labute approximate surface area is 107 Å². The Balaban J connectivity index is 2.45. The maximum atomic E-state index is 13.4. The highest BCUT2D eigenvalue weighted by atomic mass is 19.2. The van der Waals surface area contributed by atoms with Gasteiger partial charge in [-0.25, -0.2) is 8.78 Å². The molecule has 0 aromatic heterocycles. The van der Waals surface area contributed by atoms with Crippen molar-refractivity contribution in [3.05, 3.63) is 35.4 Å². The van der Waals surface area contributed by atoms with E-state index in [1.807, 2.05) is 0 Å². The fraction of sp³-hybridized carbons (Fsp3) is 0.571. The lowest BCUT2D eigenvalue weighted by molar-refractivity contribution is 0.0901. The van der Waals surface area contributed by atoms with Crippen molar-refractivity contribution in [2.24, 2.45) is 11.7 Å². The second kappa shape index (κ2) is 7.44. The van der Waals surface area contributed by atoms with Gasteiger partial charge in [0.25, 0.3) is 0 Å². The van der Waals surface area contributed by atoms with Crippen LogP contribution in [0.3, 0.4) is 0 Å². The third kappa shape index (κ3) is 4.35. The first-order chi connectivity index (χ1) is 8.56. The molecule has 2 atom stereocenters. The van der Waals surface area contributed by atoms with Crippen molar-refractivity contribution in [1.82, 2.24) is 0 Å². The highest BCUT2D eigenvalue weighted by Gasteiger charge is 2.15. The monoisotopic (exact) mass is 257 g/mol. The molecule has 0 saturated carbocycles. The fourth-order valence-corrected chi connectivity index (χ4v) is 1.87. The lowest BCUT2D eigenvalue weighted by Crippen LogP contribution is -2.20. The number of benzene rings is 1. The summed E-state index contributed by atoms with van der Waals surface area (Å²) in [6, 6.07) is 3.39. The molecule has 1 rings (SSSR count). The minimum atomic E-state index is -0.879. The number of nitrogens with two attached hydrogens (primary N) is 1. The van der Waals surface area contributed by atoms with Crippen LogP contribution in [-0.4, -0.2) is 13.2 Å². The molecule has 0 spiro atoms. The van der Waals surface area contributed by atoms with Crippen LogP contribution in [-0.2, 0) is 4.74 Å². The third-order valence-electron chi connectivity index (χ3n) is 2.86. The van der Waals surface area contributed by atoms with Crippen molar-refractivity contribution in [3.8, 4) is 0 Å². The standard InChI is InChI=1S/C14H21F2NO/c1-3-5-10(2)8-18-9-13(17)11-6-4-7-12(15)14(11)16/h4,6-7,10,13H,3,5,8-9,17H2,1-2H3. The zero-order valence-corrected chi connectivity index (χ0v) is 11.0. The van der Waals surface area contributed by atoms with E-state index in [4.69, 9.17) is 10.5 Å². The highest BCUT2D eigenvalue weighted by Crippen LogP contribution is 2.18. The minimum absolute atomic E-state index is 0.165. The molecule has 0 saturated heterocycles. The Bertz CT molecular complexity index is 371. The van der Waals surface area contributed by atoms with Gasteiger partial charge in [-0.3, -0.25) is 0 Å². The lowest BCUT2D eigenvalue weighted by atomic mass is 10.1. The second-order valence-electron chi connectivity index (χ2n) is 4.68. The van der Waals surface area contributed by atoms with Gasteiger partial charge in [-0.1, -0.05) is 32.4 Å². The number of ether oxygens (including phenoxy) is 1. The molecular formula is C14H21F2NO. The van der Waals surface area contributed by atoms with Crippen LogP contribution in [0.4, 0.5) is 8.78 Å². The summed E-state index contributed by atoms with van der Waals surface area (Å²) >= 11 is 0. The van der Waals surface area contributed by atoms with Crippen LogP contribution < -0.4 is 5.73 Å². The molecule has 0 heterocycles. The van der Waals surface area contributed by atoms with E-state index in [1.54, 1.807) is 0 Å².